The van der Waals surface area contributed by atoms with Crippen LogP contribution in [0.1, 0.15) is 27.0 Å². The van der Waals surface area contributed by atoms with E-state index >= 15 is 0 Å². The van der Waals surface area contributed by atoms with Crippen LogP contribution in [0.4, 0.5) is 10.1 Å². The van der Waals surface area contributed by atoms with E-state index in [1.54, 1.807) is 30.3 Å². The Morgan fingerprint density at radius 1 is 1.09 bits per heavy atom. The summed E-state index contributed by atoms with van der Waals surface area (Å²) in [6.07, 6.45) is 0. The standard InChI is InChI=1S/C24H17FN2O6/c25-18-7-16(22-17(8-18)11-32-12-33-22)10-27-20-9-15(5-6-19(20)21(26-31)23(27)28)13-1-3-14(4-2-13)24(29)30/h1-9,31H,10-12H2,(H,29,30)/b26-21-. The third-order valence-electron chi connectivity index (χ3n) is 5.64. The molecule has 0 bridgehead atoms. The van der Waals surface area contributed by atoms with Crippen LogP contribution in [0.5, 0.6) is 5.75 Å². The fourth-order valence-corrected chi connectivity index (χ4v) is 4.09. The number of carbonyl (C=O) groups is 2. The molecule has 0 radical (unpaired) electrons. The summed E-state index contributed by atoms with van der Waals surface area (Å²) in [6, 6.07) is 14.1. The Kier molecular flexibility index (Phi) is 5.02. The first kappa shape index (κ1) is 20.7. The van der Waals surface area contributed by atoms with Crippen LogP contribution in [0, 0.1) is 5.82 Å². The molecule has 2 aliphatic heterocycles. The van der Waals surface area contributed by atoms with Crippen LogP contribution in [-0.4, -0.2) is 34.7 Å². The molecule has 3 aromatic rings. The molecule has 0 aromatic heterocycles. The summed E-state index contributed by atoms with van der Waals surface area (Å²) in [4.78, 5) is 25.5. The van der Waals surface area contributed by atoms with Crippen LogP contribution < -0.4 is 9.64 Å². The van der Waals surface area contributed by atoms with Gasteiger partial charge >= 0.3 is 5.97 Å². The molecule has 2 N–H and O–H groups in total. The number of carboxylic acids is 1. The molecule has 33 heavy (non-hydrogen) atoms. The lowest BCUT2D eigenvalue weighted by Gasteiger charge is -2.24. The maximum Gasteiger partial charge on any atom is 0.335 e. The SMILES string of the molecule is O=C(O)c1ccc(-c2ccc3c(c2)N(Cc2cc(F)cc4c2OCOC4)C(=O)/C3=N\O)cc1. The molecule has 1 amide bonds. The van der Waals surface area contributed by atoms with Gasteiger partial charge in [-0.2, -0.15) is 0 Å². The van der Waals surface area contributed by atoms with Crippen molar-refractivity contribution < 1.29 is 33.8 Å². The average molecular weight is 448 g/mol. The molecular weight excluding hydrogens is 431 g/mol. The minimum Gasteiger partial charge on any atom is -0.478 e. The number of hydrogen-bond acceptors (Lipinski definition) is 6. The Morgan fingerprint density at radius 3 is 2.58 bits per heavy atom. The Hall–Kier alpha value is -4.24. The summed E-state index contributed by atoms with van der Waals surface area (Å²) in [5.41, 5.74) is 3.44. The number of halogens is 1. The van der Waals surface area contributed by atoms with E-state index in [4.69, 9.17) is 14.6 Å². The van der Waals surface area contributed by atoms with Crippen molar-refractivity contribution in [3.63, 3.8) is 0 Å². The van der Waals surface area contributed by atoms with Gasteiger partial charge < -0.3 is 24.7 Å². The van der Waals surface area contributed by atoms with Crippen LogP contribution in [0.3, 0.4) is 0 Å². The Morgan fingerprint density at radius 2 is 1.85 bits per heavy atom. The van der Waals surface area contributed by atoms with Gasteiger partial charge in [-0.05, 0) is 47.5 Å². The number of hydrogen-bond donors (Lipinski definition) is 2. The highest BCUT2D eigenvalue weighted by Gasteiger charge is 2.36. The van der Waals surface area contributed by atoms with E-state index < -0.39 is 17.7 Å². The predicted molar refractivity (Wildman–Crippen MR) is 115 cm³/mol. The molecule has 2 heterocycles. The van der Waals surface area contributed by atoms with Crippen LogP contribution in [0.15, 0.2) is 59.8 Å². The largest absolute Gasteiger partial charge is 0.478 e. The van der Waals surface area contributed by atoms with E-state index in [2.05, 4.69) is 5.16 Å². The monoisotopic (exact) mass is 448 g/mol. The average Bonchev–Trinajstić information content (AvgIpc) is 3.08. The van der Waals surface area contributed by atoms with Gasteiger partial charge in [-0.15, -0.1) is 0 Å². The zero-order chi connectivity index (χ0) is 23.1. The maximum atomic E-state index is 14.2. The van der Waals surface area contributed by atoms with Crippen molar-refractivity contribution >= 4 is 23.3 Å². The van der Waals surface area contributed by atoms with Crippen molar-refractivity contribution in [2.45, 2.75) is 13.2 Å². The number of amides is 1. The molecule has 0 saturated heterocycles. The molecule has 0 spiro atoms. The van der Waals surface area contributed by atoms with Crippen molar-refractivity contribution in [2.75, 3.05) is 11.7 Å². The normalized spacial score (nSPS) is 15.8. The molecule has 3 aromatic carbocycles. The van der Waals surface area contributed by atoms with Crippen LogP contribution in [0.25, 0.3) is 11.1 Å². The molecule has 0 unspecified atom stereocenters. The van der Waals surface area contributed by atoms with Crippen LogP contribution in [0.2, 0.25) is 0 Å². The first-order chi connectivity index (χ1) is 16.0. The molecule has 5 rings (SSSR count). The van der Waals surface area contributed by atoms with Gasteiger partial charge in [-0.1, -0.05) is 23.4 Å². The molecule has 0 fully saturated rings. The molecule has 0 aliphatic carbocycles. The highest BCUT2D eigenvalue weighted by Crippen LogP contribution is 2.37. The summed E-state index contributed by atoms with van der Waals surface area (Å²) in [5.74, 6) is -1.57. The topological polar surface area (TPSA) is 109 Å². The molecule has 9 heteroatoms. The number of benzene rings is 3. The molecule has 0 saturated carbocycles. The number of rotatable bonds is 4. The molecule has 166 valence electrons. The number of carboxylic acid groups (broad SMARTS) is 1. The zero-order valence-corrected chi connectivity index (χ0v) is 17.1. The van der Waals surface area contributed by atoms with Crippen molar-refractivity contribution in [1.29, 1.82) is 0 Å². The zero-order valence-electron chi connectivity index (χ0n) is 17.1. The lowest BCUT2D eigenvalue weighted by molar-refractivity contribution is -0.112. The second-order valence-corrected chi connectivity index (χ2v) is 7.62. The van der Waals surface area contributed by atoms with Gasteiger partial charge in [-0.25, -0.2) is 9.18 Å². The van der Waals surface area contributed by atoms with Crippen molar-refractivity contribution in [1.82, 2.24) is 0 Å². The van der Waals surface area contributed by atoms with E-state index in [-0.39, 0.29) is 31.2 Å². The van der Waals surface area contributed by atoms with Gasteiger partial charge in [0.15, 0.2) is 12.5 Å². The molecule has 0 atom stereocenters. The number of oxime groups is 1. The number of fused-ring (bicyclic) bond motifs is 2. The van der Waals surface area contributed by atoms with Crippen molar-refractivity contribution in [2.24, 2.45) is 5.16 Å². The summed E-state index contributed by atoms with van der Waals surface area (Å²) < 4.78 is 25.0. The number of aromatic carboxylic acids is 1. The molecule has 2 aliphatic rings. The van der Waals surface area contributed by atoms with Crippen LogP contribution in [-0.2, 0) is 22.7 Å². The number of ether oxygens (including phenoxy) is 2. The Balaban J connectivity index is 1.56. The first-order valence-electron chi connectivity index (χ1n) is 10.00. The number of carbonyl (C=O) groups excluding carboxylic acids is 1. The summed E-state index contributed by atoms with van der Waals surface area (Å²) in [6.45, 7) is 0.215. The van der Waals surface area contributed by atoms with E-state index in [9.17, 15) is 19.2 Å². The van der Waals surface area contributed by atoms with E-state index in [0.717, 1.165) is 11.1 Å². The molecular formula is C24H17FN2O6. The van der Waals surface area contributed by atoms with Crippen LogP contribution >= 0.6 is 0 Å². The van der Waals surface area contributed by atoms with Gasteiger partial charge in [0.2, 0.25) is 0 Å². The fourth-order valence-electron chi connectivity index (χ4n) is 4.09. The third kappa shape index (κ3) is 3.58. The highest BCUT2D eigenvalue weighted by molar-refractivity contribution is 6.54. The highest BCUT2D eigenvalue weighted by atomic mass is 19.1. The van der Waals surface area contributed by atoms with Crippen molar-refractivity contribution in [3.05, 3.63) is 82.7 Å². The molecule has 8 nitrogen and oxygen atoms in total. The minimum absolute atomic E-state index is 0.00759. The van der Waals surface area contributed by atoms with Crippen molar-refractivity contribution in [3.8, 4) is 16.9 Å². The number of nitrogens with zero attached hydrogens (tertiary/aromatic N) is 2. The van der Waals surface area contributed by atoms with Gasteiger partial charge in [0.25, 0.3) is 5.91 Å². The van der Waals surface area contributed by atoms with E-state index in [0.29, 0.717) is 28.1 Å². The van der Waals surface area contributed by atoms with Gasteiger partial charge in [-0.3, -0.25) is 4.79 Å². The fraction of sp³-hybridized carbons (Fsp3) is 0.125. The summed E-state index contributed by atoms with van der Waals surface area (Å²) >= 11 is 0. The smallest absolute Gasteiger partial charge is 0.335 e. The Bertz CT molecular complexity index is 1320. The van der Waals surface area contributed by atoms with E-state index in [1.165, 1.54) is 29.2 Å². The first-order valence-corrected chi connectivity index (χ1v) is 10.00. The summed E-state index contributed by atoms with van der Waals surface area (Å²) in [5, 5.41) is 21.7. The number of anilines is 1. The van der Waals surface area contributed by atoms with Gasteiger partial charge in [0.1, 0.15) is 11.6 Å². The summed E-state index contributed by atoms with van der Waals surface area (Å²) in [7, 11) is 0. The minimum atomic E-state index is -1.03. The quantitative estimate of drug-likeness (QED) is 0.465. The Labute approximate surface area is 187 Å². The third-order valence-corrected chi connectivity index (χ3v) is 5.64. The lowest BCUT2D eigenvalue weighted by atomic mass is 10.0. The second kappa shape index (κ2) is 8.03. The van der Waals surface area contributed by atoms with E-state index in [1.807, 2.05) is 0 Å². The lowest BCUT2D eigenvalue weighted by Crippen LogP contribution is -2.30. The van der Waals surface area contributed by atoms with Gasteiger partial charge in [0.05, 0.1) is 24.4 Å². The predicted octanol–water partition coefficient (Wildman–Crippen LogP) is 3.78. The maximum absolute atomic E-state index is 14.2. The second-order valence-electron chi connectivity index (χ2n) is 7.62. The van der Waals surface area contributed by atoms with Gasteiger partial charge in [0, 0.05) is 16.7 Å².